The van der Waals surface area contributed by atoms with Gasteiger partial charge in [0.25, 0.3) is 0 Å². The van der Waals surface area contributed by atoms with E-state index in [4.69, 9.17) is 11.6 Å². The van der Waals surface area contributed by atoms with E-state index < -0.39 is 34.7 Å². The normalized spacial score (nSPS) is 11.0. The van der Waals surface area contributed by atoms with Crippen molar-refractivity contribution in [2.24, 2.45) is 0 Å². The van der Waals surface area contributed by atoms with Gasteiger partial charge in [-0.1, -0.05) is 17.7 Å². The highest BCUT2D eigenvalue weighted by Crippen LogP contribution is 2.44. The third-order valence-electron chi connectivity index (χ3n) is 3.43. The first kappa shape index (κ1) is 16.6. The van der Waals surface area contributed by atoms with Crippen molar-refractivity contribution in [1.29, 1.82) is 0 Å². The zero-order chi connectivity index (χ0) is 17.6. The zero-order valence-electron chi connectivity index (χ0n) is 12.0. The van der Waals surface area contributed by atoms with Gasteiger partial charge < -0.3 is 9.84 Å². The molecule has 0 amide bonds. The third-order valence-corrected chi connectivity index (χ3v) is 4.80. The van der Waals surface area contributed by atoms with Crippen LogP contribution < -0.4 is 4.74 Å². The topological polar surface area (TPSA) is 46.5 Å². The molecule has 0 saturated carbocycles. The van der Waals surface area contributed by atoms with Gasteiger partial charge in [0.1, 0.15) is 10.7 Å². The van der Waals surface area contributed by atoms with Gasteiger partial charge in [-0.2, -0.15) is 0 Å². The van der Waals surface area contributed by atoms with Crippen LogP contribution in [0.25, 0.3) is 21.2 Å². The molecule has 3 aromatic rings. The number of hydrogen-bond acceptors (Lipinski definition) is 3. The van der Waals surface area contributed by atoms with Crippen LogP contribution in [0, 0.1) is 17.5 Å². The molecule has 124 valence electrons. The van der Waals surface area contributed by atoms with E-state index in [-0.39, 0.29) is 10.4 Å². The van der Waals surface area contributed by atoms with E-state index in [1.165, 1.54) is 18.2 Å². The number of hydrogen-bond donors (Lipinski definition) is 1. The second-order valence-corrected chi connectivity index (χ2v) is 6.30. The maximum atomic E-state index is 14.6. The summed E-state index contributed by atoms with van der Waals surface area (Å²) >= 11 is 6.70. The Kier molecular flexibility index (Phi) is 4.15. The molecule has 3 nitrogen and oxygen atoms in total. The van der Waals surface area contributed by atoms with Crippen LogP contribution >= 0.6 is 22.9 Å². The Morgan fingerprint density at radius 3 is 2.50 bits per heavy atom. The van der Waals surface area contributed by atoms with E-state index in [1.807, 2.05) is 0 Å². The second kappa shape index (κ2) is 5.99. The summed E-state index contributed by atoms with van der Waals surface area (Å²) in [7, 11) is 1.03. The van der Waals surface area contributed by atoms with Gasteiger partial charge in [0.15, 0.2) is 17.4 Å². The molecule has 0 radical (unpaired) electrons. The molecule has 0 bridgehead atoms. The lowest BCUT2D eigenvalue weighted by Crippen LogP contribution is -2.02. The van der Waals surface area contributed by atoms with Crippen molar-refractivity contribution in [1.82, 2.24) is 0 Å². The highest BCUT2D eigenvalue weighted by Gasteiger charge is 2.28. The molecule has 1 heterocycles. The fourth-order valence-electron chi connectivity index (χ4n) is 2.46. The molecule has 0 aliphatic carbocycles. The molecule has 24 heavy (non-hydrogen) atoms. The van der Waals surface area contributed by atoms with Crippen molar-refractivity contribution in [3.05, 3.63) is 51.6 Å². The smallest absolute Gasteiger partial charge is 0.346 e. The SMILES string of the molecule is COc1c(F)cc(F)c(-c2c(C(=O)O)sc3cc(Cl)ccc23)c1F. The zero-order valence-corrected chi connectivity index (χ0v) is 13.6. The number of halogens is 4. The molecule has 0 atom stereocenters. The molecule has 0 aliphatic heterocycles. The molecule has 2 aromatic carbocycles. The fraction of sp³-hybridized carbons (Fsp3) is 0.0625. The minimum absolute atomic E-state index is 0.174. The van der Waals surface area contributed by atoms with E-state index in [9.17, 15) is 23.1 Å². The number of thiophene rings is 1. The Morgan fingerprint density at radius 2 is 1.88 bits per heavy atom. The van der Waals surface area contributed by atoms with Crippen molar-refractivity contribution in [3.8, 4) is 16.9 Å². The monoisotopic (exact) mass is 372 g/mol. The molecule has 1 N–H and O–H groups in total. The van der Waals surface area contributed by atoms with Crippen LogP contribution in [0.4, 0.5) is 13.2 Å². The van der Waals surface area contributed by atoms with E-state index in [2.05, 4.69) is 4.74 Å². The Morgan fingerprint density at radius 1 is 1.17 bits per heavy atom. The minimum atomic E-state index is -1.36. The summed E-state index contributed by atoms with van der Waals surface area (Å²) in [5.41, 5.74) is -0.827. The lowest BCUT2D eigenvalue weighted by atomic mass is 10.00. The summed E-state index contributed by atoms with van der Waals surface area (Å²) < 4.78 is 47.6. The largest absolute Gasteiger partial charge is 0.491 e. The molecule has 3 rings (SSSR count). The average Bonchev–Trinajstić information content (AvgIpc) is 2.86. The first-order valence-electron chi connectivity index (χ1n) is 6.52. The number of aromatic carboxylic acids is 1. The van der Waals surface area contributed by atoms with Gasteiger partial charge in [-0.3, -0.25) is 0 Å². The molecule has 0 fully saturated rings. The minimum Gasteiger partial charge on any atom is -0.491 e. The van der Waals surface area contributed by atoms with E-state index in [1.54, 1.807) is 0 Å². The van der Waals surface area contributed by atoms with Crippen molar-refractivity contribution in [2.75, 3.05) is 7.11 Å². The van der Waals surface area contributed by atoms with Crippen LogP contribution in [0.1, 0.15) is 9.67 Å². The van der Waals surface area contributed by atoms with Gasteiger partial charge in [0.05, 0.1) is 12.7 Å². The number of ether oxygens (including phenoxy) is 1. The van der Waals surface area contributed by atoms with Crippen LogP contribution in [-0.4, -0.2) is 18.2 Å². The van der Waals surface area contributed by atoms with Crippen LogP contribution in [0.2, 0.25) is 5.02 Å². The lowest BCUT2D eigenvalue weighted by molar-refractivity contribution is 0.0703. The van der Waals surface area contributed by atoms with E-state index in [0.29, 0.717) is 21.2 Å². The fourth-order valence-corrected chi connectivity index (χ4v) is 3.78. The first-order chi connectivity index (χ1) is 11.3. The standard InChI is InChI=1S/C16H8ClF3O3S/c1-23-14-9(19)5-8(18)12(13(14)20)11-7-3-2-6(17)4-10(7)24-15(11)16(21)22/h2-5H,1H3,(H,21,22). The van der Waals surface area contributed by atoms with E-state index >= 15 is 0 Å². The number of rotatable bonds is 3. The Balaban J connectivity index is 2.46. The highest BCUT2D eigenvalue weighted by atomic mass is 35.5. The third kappa shape index (κ3) is 2.50. The van der Waals surface area contributed by atoms with Crippen molar-refractivity contribution in [2.45, 2.75) is 0 Å². The van der Waals surface area contributed by atoms with Crippen LogP contribution in [0.15, 0.2) is 24.3 Å². The maximum Gasteiger partial charge on any atom is 0.346 e. The summed E-state index contributed by atoms with van der Waals surface area (Å²) in [6.45, 7) is 0. The van der Waals surface area contributed by atoms with Crippen molar-refractivity contribution < 1.29 is 27.8 Å². The number of fused-ring (bicyclic) bond motifs is 1. The Bertz CT molecular complexity index is 985. The van der Waals surface area contributed by atoms with Crippen LogP contribution in [-0.2, 0) is 0 Å². The molecule has 0 aliphatic rings. The van der Waals surface area contributed by atoms with Crippen molar-refractivity contribution >= 4 is 39.0 Å². The molecule has 0 saturated heterocycles. The summed E-state index contributed by atoms with van der Waals surface area (Å²) in [5.74, 6) is -5.87. The van der Waals surface area contributed by atoms with Crippen LogP contribution in [0.5, 0.6) is 5.75 Å². The second-order valence-electron chi connectivity index (χ2n) is 4.81. The van der Waals surface area contributed by atoms with E-state index in [0.717, 1.165) is 18.4 Å². The molecular formula is C16H8ClF3O3S. The molecular weight excluding hydrogens is 365 g/mol. The maximum absolute atomic E-state index is 14.6. The average molecular weight is 373 g/mol. The summed E-state index contributed by atoms with van der Waals surface area (Å²) in [6, 6.07) is 4.89. The van der Waals surface area contributed by atoms with Gasteiger partial charge in [0, 0.05) is 26.7 Å². The molecule has 8 heteroatoms. The van der Waals surface area contributed by atoms with Gasteiger partial charge in [-0.05, 0) is 12.1 Å². The Labute approximate surface area is 142 Å². The van der Waals surface area contributed by atoms with Gasteiger partial charge in [-0.25, -0.2) is 18.0 Å². The number of carboxylic acid groups (broad SMARTS) is 1. The molecule has 0 spiro atoms. The molecule has 0 unspecified atom stereocenters. The van der Waals surface area contributed by atoms with Gasteiger partial charge in [0.2, 0.25) is 0 Å². The predicted molar refractivity (Wildman–Crippen MR) is 85.7 cm³/mol. The Hall–Kier alpha value is -2.25. The highest BCUT2D eigenvalue weighted by molar-refractivity contribution is 7.21. The van der Waals surface area contributed by atoms with Crippen LogP contribution in [0.3, 0.4) is 0 Å². The first-order valence-corrected chi connectivity index (χ1v) is 7.71. The van der Waals surface area contributed by atoms with Crippen molar-refractivity contribution in [3.63, 3.8) is 0 Å². The quantitative estimate of drug-likeness (QED) is 0.674. The predicted octanol–water partition coefficient (Wildman–Crippen LogP) is 5.35. The number of benzene rings is 2. The number of methoxy groups -OCH3 is 1. The summed E-state index contributed by atoms with van der Waals surface area (Å²) in [6.07, 6.45) is 0. The number of carboxylic acids is 1. The number of carbonyl (C=O) groups is 1. The van der Waals surface area contributed by atoms with Gasteiger partial charge >= 0.3 is 5.97 Å². The lowest BCUT2D eigenvalue weighted by Gasteiger charge is -2.10. The summed E-state index contributed by atoms with van der Waals surface area (Å²) in [5, 5.41) is 10.0. The molecule has 1 aromatic heterocycles. The van der Waals surface area contributed by atoms with Gasteiger partial charge in [-0.15, -0.1) is 11.3 Å². The summed E-state index contributed by atoms with van der Waals surface area (Å²) in [4.78, 5) is 11.2.